The van der Waals surface area contributed by atoms with E-state index in [1.165, 1.54) is 4.90 Å². The summed E-state index contributed by atoms with van der Waals surface area (Å²) >= 11 is 0. The zero-order valence-electron chi connectivity index (χ0n) is 19.0. The van der Waals surface area contributed by atoms with E-state index >= 15 is 0 Å². The van der Waals surface area contributed by atoms with Gasteiger partial charge in [0.25, 0.3) is 11.8 Å². The molecule has 0 radical (unpaired) electrons. The summed E-state index contributed by atoms with van der Waals surface area (Å²) in [7, 11) is 0. The molecule has 0 spiro atoms. The Hall–Kier alpha value is -4.15. The second-order valence-corrected chi connectivity index (χ2v) is 9.23. The van der Waals surface area contributed by atoms with E-state index in [0.29, 0.717) is 48.7 Å². The molecule has 6 rings (SSSR count). The number of amides is 3. The van der Waals surface area contributed by atoms with Crippen molar-refractivity contribution >= 4 is 23.4 Å². The molecule has 8 nitrogen and oxygen atoms in total. The number of halogens is 3. The predicted molar refractivity (Wildman–Crippen MR) is 124 cm³/mol. The monoisotopic (exact) mass is 494 g/mol. The third kappa shape index (κ3) is 4.00. The molecule has 3 aromatic rings. The lowest BCUT2D eigenvalue weighted by molar-refractivity contribution is -0.114. The van der Waals surface area contributed by atoms with Gasteiger partial charge in [0.05, 0.1) is 19.3 Å². The van der Waals surface area contributed by atoms with Crippen molar-refractivity contribution < 1.29 is 22.8 Å². The maximum atomic E-state index is 14.5. The molecule has 3 aliphatic rings. The molecular formula is C25H21F3N6O2. The van der Waals surface area contributed by atoms with E-state index in [2.05, 4.69) is 20.6 Å². The number of carbonyl (C=O) groups excluding carboxylic acids is 2. The number of aromatic nitrogens is 2. The van der Waals surface area contributed by atoms with Crippen LogP contribution in [0.1, 0.15) is 27.0 Å². The third-order valence-corrected chi connectivity index (χ3v) is 6.61. The molecule has 3 aliphatic heterocycles. The van der Waals surface area contributed by atoms with Crippen molar-refractivity contribution in [2.45, 2.75) is 25.4 Å². The van der Waals surface area contributed by atoms with E-state index in [0.717, 1.165) is 27.8 Å². The molecule has 1 aromatic heterocycles. The van der Waals surface area contributed by atoms with Crippen LogP contribution in [-0.2, 0) is 19.5 Å². The van der Waals surface area contributed by atoms with Crippen LogP contribution in [0.5, 0.6) is 0 Å². The SMILES string of the molecule is O=C1NCCc2cc(Nc3nc(-c4ccc5c(c4)CN(C(=O)N4CC(F)(F)C4)C5)ncc3F)ccc21. The molecule has 1 saturated heterocycles. The summed E-state index contributed by atoms with van der Waals surface area (Å²) in [6, 6.07) is 10.3. The van der Waals surface area contributed by atoms with E-state index in [1.807, 2.05) is 18.2 Å². The Kier molecular flexibility index (Phi) is 5.09. The van der Waals surface area contributed by atoms with Crippen molar-refractivity contribution in [3.05, 3.63) is 70.7 Å². The lowest BCUT2D eigenvalue weighted by Crippen LogP contribution is -2.60. The molecule has 0 atom stereocenters. The number of anilines is 2. The van der Waals surface area contributed by atoms with Gasteiger partial charge in [-0.05, 0) is 47.4 Å². The summed E-state index contributed by atoms with van der Waals surface area (Å²) in [5.41, 5.74) is 4.50. The molecule has 0 aliphatic carbocycles. The van der Waals surface area contributed by atoms with E-state index < -0.39 is 30.9 Å². The lowest BCUT2D eigenvalue weighted by atomic mass is 10.00. The number of rotatable bonds is 3. The van der Waals surface area contributed by atoms with Gasteiger partial charge in [0.15, 0.2) is 17.5 Å². The van der Waals surface area contributed by atoms with Gasteiger partial charge in [-0.15, -0.1) is 0 Å². The van der Waals surface area contributed by atoms with Gasteiger partial charge < -0.3 is 20.4 Å². The average Bonchev–Trinajstić information content (AvgIpc) is 3.27. The highest BCUT2D eigenvalue weighted by Gasteiger charge is 2.47. The fourth-order valence-electron chi connectivity index (χ4n) is 4.75. The second-order valence-electron chi connectivity index (χ2n) is 9.23. The number of hydrogen-bond acceptors (Lipinski definition) is 5. The van der Waals surface area contributed by atoms with Crippen molar-refractivity contribution in [3.8, 4) is 11.4 Å². The molecule has 0 unspecified atom stereocenters. The van der Waals surface area contributed by atoms with Crippen LogP contribution in [-0.4, -0.2) is 57.3 Å². The highest BCUT2D eigenvalue weighted by atomic mass is 19.3. The maximum Gasteiger partial charge on any atom is 0.321 e. The van der Waals surface area contributed by atoms with Gasteiger partial charge in [0.2, 0.25) is 0 Å². The average molecular weight is 494 g/mol. The van der Waals surface area contributed by atoms with E-state index in [1.54, 1.807) is 18.2 Å². The van der Waals surface area contributed by atoms with Crippen molar-refractivity contribution in [1.29, 1.82) is 0 Å². The van der Waals surface area contributed by atoms with Gasteiger partial charge in [-0.3, -0.25) is 4.79 Å². The van der Waals surface area contributed by atoms with Crippen molar-refractivity contribution in [2.24, 2.45) is 0 Å². The van der Waals surface area contributed by atoms with Crippen molar-refractivity contribution in [3.63, 3.8) is 0 Å². The number of carbonyl (C=O) groups is 2. The molecular weight excluding hydrogens is 473 g/mol. The minimum absolute atomic E-state index is 0.00350. The van der Waals surface area contributed by atoms with Gasteiger partial charge in [0, 0.05) is 36.4 Å². The molecule has 0 saturated carbocycles. The van der Waals surface area contributed by atoms with Gasteiger partial charge in [-0.2, -0.15) is 0 Å². The molecule has 4 heterocycles. The molecule has 36 heavy (non-hydrogen) atoms. The normalized spacial score (nSPS) is 17.7. The van der Waals surface area contributed by atoms with Crippen LogP contribution in [0.2, 0.25) is 0 Å². The summed E-state index contributed by atoms with van der Waals surface area (Å²) in [6.07, 6.45) is 1.77. The quantitative estimate of drug-likeness (QED) is 0.580. The van der Waals surface area contributed by atoms with E-state index in [-0.39, 0.29) is 11.7 Å². The first-order chi connectivity index (χ1) is 17.3. The first kappa shape index (κ1) is 22.3. The zero-order chi connectivity index (χ0) is 25.0. The van der Waals surface area contributed by atoms with E-state index in [4.69, 9.17) is 0 Å². The summed E-state index contributed by atoms with van der Waals surface area (Å²) in [5, 5.41) is 5.77. The summed E-state index contributed by atoms with van der Waals surface area (Å²) < 4.78 is 40.9. The Morgan fingerprint density at radius 1 is 1.03 bits per heavy atom. The van der Waals surface area contributed by atoms with Crippen LogP contribution >= 0.6 is 0 Å². The van der Waals surface area contributed by atoms with Gasteiger partial charge in [0.1, 0.15) is 0 Å². The first-order valence-electron chi connectivity index (χ1n) is 11.5. The topological polar surface area (TPSA) is 90.5 Å². The Balaban J connectivity index is 1.20. The Labute approximate surface area is 204 Å². The summed E-state index contributed by atoms with van der Waals surface area (Å²) in [6.45, 7) is 0.0667. The Morgan fingerprint density at radius 2 is 1.83 bits per heavy atom. The summed E-state index contributed by atoms with van der Waals surface area (Å²) in [4.78, 5) is 35.6. The van der Waals surface area contributed by atoms with Crippen molar-refractivity contribution in [1.82, 2.24) is 25.1 Å². The Morgan fingerprint density at radius 3 is 2.64 bits per heavy atom. The smallest absolute Gasteiger partial charge is 0.321 e. The number of benzene rings is 2. The van der Waals surface area contributed by atoms with Gasteiger partial charge in [-0.25, -0.2) is 27.9 Å². The lowest BCUT2D eigenvalue weighted by Gasteiger charge is -2.40. The molecule has 1 fully saturated rings. The molecule has 11 heteroatoms. The zero-order valence-corrected chi connectivity index (χ0v) is 19.0. The molecule has 3 amide bonds. The van der Waals surface area contributed by atoms with Crippen LogP contribution in [0.25, 0.3) is 11.4 Å². The summed E-state index contributed by atoms with van der Waals surface area (Å²) in [5.74, 6) is -3.27. The number of fused-ring (bicyclic) bond motifs is 2. The van der Waals surface area contributed by atoms with Gasteiger partial charge in [-0.1, -0.05) is 12.1 Å². The first-order valence-corrected chi connectivity index (χ1v) is 11.5. The number of alkyl halides is 2. The Bertz CT molecular complexity index is 1400. The molecule has 0 bridgehead atoms. The van der Waals surface area contributed by atoms with Crippen molar-refractivity contribution in [2.75, 3.05) is 25.0 Å². The number of nitrogens with zero attached hydrogens (tertiary/aromatic N) is 4. The number of urea groups is 1. The third-order valence-electron chi connectivity index (χ3n) is 6.61. The van der Waals surface area contributed by atoms with Crippen LogP contribution < -0.4 is 10.6 Å². The molecule has 2 N–H and O–H groups in total. The molecule has 184 valence electrons. The largest absolute Gasteiger partial charge is 0.352 e. The van der Waals surface area contributed by atoms with Crippen LogP contribution in [0.15, 0.2) is 42.6 Å². The highest BCUT2D eigenvalue weighted by Crippen LogP contribution is 2.32. The number of hydrogen-bond donors (Lipinski definition) is 2. The fourth-order valence-corrected chi connectivity index (χ4v) is 4.75. The van der Waals surface area contributed by atoms with E-state index in [9.17, 15) is 22.8 Å². The predicted octanol–water partition coefficient (Wildman–Crippen LogP) is 3.70. The van der Waals surface area contributed by atoms with Crippen LogP contribution in [0, 0.1) is 5.82 Å². The standard InChI is InChI=1S/C25H21F3N6O2/c26-20-9-30-21(32-22(20)31-18-3-4-19-14(8-18)5-6-29-23(19)35)15-1-2-16-10-33(11-17(16)7-15)24(36)34-12-25(27,28)13-34/h1-4,7-9H,5-6,10-13H2,(H,29,35)(H,30,31,32). The number of likely N-dealkylation sites (tertiary alicyclic amines) is 1. The number of nitrogens with one attached hydrogen (secondary N) is 2. The van der Waals surface area contributed by atoms with Gasteiger partial charge >= 0.3 is 6.03 Å². The molecule has 2 aromatic carbocycles. The minimum Gasteiger partial charge on any atom is -0.352 e. The second kappa shape index (κ2) is 8.21. The van der Waals surface area contributed by atoms with Crippen LogP contribution in [0.3, 0.4) is 0 Å². The highest BCUT2D eigenvalue weighted by molar-refractivity contribution is 5.97. The maximum absolute atomic E-state index is 14.5. The van der Waals surface area contributed by atoms with Crippen LogP contribution in [0.4, 0.5) is 29.5 Å². The fraction of sp³-hybridized carbons (Fsp3) is 0.280. The minimum atomic E-state index is -2.81.